The van der Waals surface area contributed by atoms with E-state index in [0.717, 1.165) is 11.1 Å². The smallest absolute Gasteiger partial charge is 0.203 e. The quantitative estimate of drug-likeness (QED) is 0.918. The molecule has 1 N–H and O–H groups in total. The highest BCUT2D eigenvalue weighted by Gasteiger charge is 2.29. The number of phenols is 1. The van der Waals surface area contributed by atoms with E-state index in [9.17, 15) is 9.90 Å². The Morgan fingerprint density at radius 1 is 0.800 bits per heavy atom. The number of rotatable bonds is 4. The third-order valence-corrected chi connectivity index (χ3v) is 4.42. The van der Waals surface area contributed by atoms with Crippen LogP contribution in [0.15, 0.2) is 18.2 Å². The monoisotopic (exact) mass is 344 g/mol. The van der Waals surface area contributed by atoms with Gasteiger partial charge in [0.1, 0.15) is 0 Å². The summed E-state index contributed by atoms with van der Waals surface area (Å²) in [5.41, 5.74) is 2.69. The van der Waals surface area contributed by atoms with Crippen LogP contribution >= 0.6 is 0 Å². The van der Waals surface area contributed by atoms with E-state index in [0.29, 0.717) is 41.2 Å². The molecule has 25 heavy (non-hydrogen) atoms. The van der Waals surface area contributed by atoms with Crippen LogP contribution in [0.25, 0.3) is 11.1 Å². The van der Waals surface area contributed by atoms with Crippen LogP contribution in [-0.2, 0) is 6.42 Å². The minimum atomic E-state index is -0.0428. The lowest BCUT2D eigenvalue weighted by Crippen LogP contribution is -2.01. The van der Waals surface area contributed by atoms with Gasteiger partial charge in [-0.15, -0.1) is 0 Å². The maximum Gasteiger partial charge on any atom is 0.203 e. The molecule has 0 aromatic heterocycles. The highest BCUT2D eigenvalue weighted by molar-refractivity contribution is 6.06. The van der Waals surface area contributed by atoms with Gasteiger partial charge in [0.15, 0.2) is 28.8 Å². The van der Waals surface area contributed by atoms with Crippen molar-refractivity contribution >= 4 is 5.78 Å². The first kappa shape index (κ1) is 17.0. The van der Waals surface area contributed by atoms with Gasteiger partial charge in [-0.05, 0) is 30.2 Å². The summed E-state index contributed by atoms with van der Waals surface area (Å²) >= 11 is 0. The molecule has 2 aromatic carbocycles. The van der Waals surface area contributed by atoms with Gasteiger partial charge in [-0.25, -0.2) is 0 Å². The lowest BCUT2D eigenvalue weighted by atomic mass is 9.94. The van der Waals surface area contributed by atoms with Crippen molar-refractivity contribution in [1.82, 2.24) is 0 Å². The van der Waals surface area contributed by atoms with Gasteiger partial charge in [0.2, 0.25) is 5.75 Å². The minimum absolute atomic E-state index is 0.0236. The lowest BCUT2D eigenvalue weighted by Gasteiger charge is -2.19. The Hall–Kier alpha value is -2.89. The molecule has 0 atom stereocenters. The number of aryl methyl sites for hydroxylation is 1. The third kappa shape index (κ3) is 2.63. The molecule has 0 saturated heterocycles. The van der Waals surface area contributed by atoms with Gasteiger partial charge < -0.3 is 24.1 Å². The van der Waals surface area contributed by atoms with E-state index in [1.54, 1.807) is 13.2 Å². The second-order valence-electron chi connectivity index (χ2n) is 5.67. The van der Waals surface area contributed by atoms with E-state index in [4.69, 9.17) is 18.9 Å². The first-order valence-corrected chi connectivity index (χ1v) is 7.82. The molecular formula is C19H20O6. The van der Waals surface area contributed by atoms with E-state index < -0.39 is 0 Å². The number of Topliss-reactive ketones (excluding diaryl/α,β-unsaturated/α-hetero) is 1. The summed E-state index contributed by atoms with van der Waals surface area (Å²) < 4.78 is 21.6. The predicted octanol–water partition coefficient (Wildman–Crippen LogP) is 3.22. The van der Waals surface area contributed by atoms with Crippen LogP contribution in [0.4, 0.5) is 0 Å². The molecule has 0 spiro atoms. The molecule has 3 rings (SSSR count). The molecular weight excluding hydrogens is 324 g/mol. The van der Waals surface area contributed by atoms with E-state index >= 15 is 0 Å². The number of ketones is 1. The molecule has 0 heterocycles. The zero-order chi connectivity index (χ0) is 18.1. The molecule has 0 bridgehead atoms. The molecule has 0 amide bonds. The zero-order valence-electron chi connectivity index (χ0n) is 14.6. The Bertz CT molecular complexity index is 841. The number of aromatic hydroxyl groups is 1. The average Bonchev–Trinajstić information content (AvgIpc) is 2.76. The van der Waals surface area contributed by atoms with Gasteiger partial charge in [0, 0.05) is 23.1 Å². The van der Waals surface area contributed by atoms with Crippen LogP contribution in [0.5, 0.6) is 28.7 Å². The largest absolute Gasteiger partial charge is 0.504 e. The van der Waals surface area contributed by atoms with Crippen molar-refractivity contribution in [3.63, 3.8) is 0 Å². The zero-order valence-corrected chi connectivity index (χ0v) is 14.6. The summed E-state index contributed by atoms with van der Waals surface area (Å²) in [6.07, 6.45) is 0.870. The van der Waals surface area contributed by atoms with Gasteiger partial charge in [-0.1, -0.05) is 0 Å². The predicted molar refractivity (Wildman–Crippen MR) is 92.4 cm³/mol. The molecule has 0 radical (unpaired) electrons. The maximum absolute atomic E-state index is 12.6. The second kappa shape index (κ2) is 6.55. The number of carbonyl (C=O) groups is 1. The number of carbonyl (C=O) groups excluding carboxylic acids is 1. The highest BCUT2D eigenvalue weighted by atomic mass is 16.5. The molecule has 6 nitrogen and oxygen atoms in total. The van der Waals surface area contributed by atoms with Gasteiger partial charge in [-0.3, -0.25) is 4.79 Å². The summed E-state index contributed by atoms with van der Waals surface area (Å²) in [5, 5.41) is 10.2. The number of hydrogen-bond donors (Lipinski definition) is 1. The molecule has 0 fully saturated rings. The number of phenolic OH excluding ortho intramolecular Hbond substituents is 1. The van der Waals surface area contributed by atoms with Crippen molar-refractivity contribution in [1.29, 1.82) is 0 Å². The fourth-order valence-electron chi connectivity index (χ4n) is 3.25. The maximum atomic E-state index is 12.6. The van der Waals surface area contributed by atoms with Gasteiger partial charge >= 0.3 is 0 Å². The van der Waals surface area contributed by atoms with Crippen molar-refractivity contribution < 1.29 is 28.8 Å². The molecule has 0 aliphatic heterocycles. The third-order valence-electron chi connectivity index (χ3n) is 4.42. The number of fused-ring (bicyclic) bond motifs is 3. The lowest BCUT2D eigenvalue weighted by molar-refractivity contribution is 0.0984. The molecule has 6 heteroatoms. The number of hydrogen-bond acceptors (Lipinski definition) is 6. The van der Waals surface area contributed by atoms with Gasteiger partial charge in [0.05, 0.1) is 28.4 Å². The van der Waals surface area contributed by atoms with E-state index in [1.165, 1.54) is 27.4 Å². The van der Waals surface area contributed by atoms with Crippen LogP contribution in [-0.4, -0.2) is 39.3 Å². The molecule has 0 unspecified atom stereocenters. The van der Waals surface area contributed by atoms with E-state index in [2.05, 4.69) is 0 Å². The summed E-state index contributed by atoms with van der Waals surface area (Å²) in [5.74, 6) is 1.64. The number of methoxy groups -OCH3 is 4. The van der Waals surface area contributed by atoms with Crippen LogP contribution in [0.2, 0.25) is 0 Å². The Kier molecular flexibility index (Phi) is 4.44. The summed E-state index contributed by atoms with van der Waals surface area (Å²) in [7, 11) is 6.07. The highest BCUT2D eigenvalue weighted by Crippen LogP contribution is 2.50. The Labute approximate surface area is 145 Å². The second-order valence-corrected chi connectivity index (χ2v) is 5.67. The van der Waals surface area contributed by atoms with Crippen molar-refractivity contribution in [3.05, 3.63) is 29.3 Å². The van der Waals surface area contributed by atoms with Gasteiger partial charge in [-0.2, -0.15) is 0 Å². The fraction of sp³-hybridized carbons (Fsp3) is 0.316. The molecule has 1 aliphatic carbocycles. The average molecular weight is 344 g/mol. The van der Waals surface area contributed by atoms with Crippen molar-refractivity contribution in [2.24, 2.45) is 0 Å². The van der Waals surface area contributed by atoms with E-state index in [-0.39, 0.29) is 17.3 Å². The molecule has 1 aliphatic rings. The summed E-state index contributed by atoms with van der Waals surface area (Å²) in [6.45, 7) is 0. The first-order chi connectivity index (χ1) is 12.0. The number of ether oxygens (including phenoxy) is 4. The molecule has 2 aromatic rings. The summed E-state index contributed by atoms with van der Waals surface area (Å²) in [4.78, 5) is 12.6. The Morgan fingerprint density at radius 2 is 1.48 bits per heavy atom. The van der Waals surface area contributed by atoms with Crippen molar-refractivity contribution in [2.45, 2.75) is 12.8 Å². The molecule has 132 valence electrons. The molecule has 0 saturated carbocycles. The SMILES string of the molecule is COc1cc2c(cc1O)-c1c(cc(OC)c(OC)c1OC)CCC2=O. The van der Waals surface area contributed by atoms with Crippen molar-refractivity contribution in [2.75, 3.05) is 28.4 Å². The first-order valence-electron chi connectivity index (χ1n) is 7.82. The fourth-order valence-corrected chi connectivity index (χ4v) is 3.25. The van der Waals surface area contributed by atoms with Crippen LogP contribution in [0.1, 0.15) is 22.3 Å². The Morgan fingerprint density at radius 3 is 2.08 bits per heavy atom. The van der Waals surface area contributed by atoms with Crippen LogP contribution in [0, 0.1) is 0 Å². The normalized spacial score (nSPS) is 12.7. The number of benzene rings is 2. The van der Waals surface area contributed by atoms with Crippen LogP contribution < -0.4 is 18.9 Å². The summed E-state index contributed by atoms with van der Waals surface area (Å²) in [6, 6.07) is 4.95. The van der Waals surface area contributed by atoms with E-state index in [1.807, 2.05) is 6.07 Å². The standard InChI is InChI=1S/C19H20O6/c1-22-15-9-11-12(8-14(15)21)17-10(5-6-13(11)20)7-16(23-2)18(24-3)19(17)25-4/h7-9,21H,5-6H2,1-4H3. The Balaban J connectivity index is 2.40. The topological polar surface area (TPSA) is 74.2 Å². The minimum Gasteiger partial charge on any atom is -0.504 e. The van der Waals surface area contributed by atoms with Crippen molar-refractivity contribution in [3.8, 4) is 39.9 Å². The van der Waals surface area contributed by atoms with Gasteiger partial charge in [0.25, 0.3) is 0 Å². The van der Waals surface area contributed by atoms with Crippen LogP contribution in [0.3, 0.4) is 0 Å².